The van der Waals surface area contributed by atoms with Gasteiger partial charge in [0, 0.05) is 19.1 Å². The molecule has 1 heterocycles. The second-order valence-electron chi connectivity index (χ2n) is 5.53. The van der Waals surface area contributed by atoms with Crippen LogP contribution in [0.2, 0.25) is 0 Å². The molecular weight excluding hydrogens is 262 g/mol. The van der Waals surface area contributed by atoms with Crippen molar-refractivity contribution >= 4 is 5.91 Å². The van der Waals surface area contributed by atoms with Crippen LogP contribution in [0.3, 0.4) is 0 Å². The number of carbonyl (C=O) groups excluding carboxylic acids is 1. The highest BCUT2D eigenvalue weighted by Gasteiger charge is 2.25. The monoisotopic (exact) mass is 282 g/mol. The van der Waals surface area contributed by atoms with E-state index in [4.69, 9.17) is 5.73 Å². The number of carbonyl (C=O) groups is 1. The normalized spacial score (nSPS) is 20.8. The van der Waals surface area contributed by atoms with Crippen molar-refractivity contribution in [3.63, 3.8) is 0 Å². The Balaban J connectivity index is 1.98. The smallest absolute Gasteiger partial charge is 0.227 e. The summed E-state index contributed by atoms with van der Waals surface area (Å²) in [6.45, 7) is 3.32. The first-order chi connectivity index (χ1) is 9.47. The molecule has 2 N–H and O–H groups in total. The third-order valence-corrected chi connectivity index (χ3v) is 3.89. The standard InChI is InChI=1S/C15H20F2N2O/c1-10(18)12-3-2-6-19(9-12)15(20)8-11-4-5-13(16)14(17)7-11/h4-5,7,10,12H,2-3,6,8-9,18H2,1H3/t10-,12+/m1/s1. The first-order valence-electron chi connectivity index (χ1n) is 6.94. The summed E-state index contributed by atoms with van der Waals surface area (Å²) in [5, 5.41) is 0. The Kier molecular flexibility index (Phi) is 4.70. The molecule has 1 saturated heterocycles. The summed E-state index contributed by atoms with van der Waals surface area (Å²) in [5.41, 5.74) is 6.39. The van der Waals surface area contributed by atoms with Gasteiger partial charge in [0.2, 0.25) is 5.91 Å². The van der Waals surface area contributed by atoms with Crippen LogP contribution in [0.4, 0.5) is 8.78 Å². The molecule has 0 spiro atoms. The highest BCUT2D eigenvalue weighted by molar-refractivity contribution is 5.78. The lowest BCUT2D eigenvalue weighted by molar-refractivity contribution is -0.132. The van der Waals surface area contributed by atoms with Gasteiger partial charge in [0.15, 0.2) is 11.6 Å². The summed E-state index contributed by atoms with van der Waals surface area (Å²) in [7, 11) is 0. The number of amides is 1. The van der Waals surface area contributed by atoms with Gasteiger partial charge in [-0.05, 0) is 43.4 Å². The molecule has 1 aliphatic heterocycles. The van der Waals surface area contributed by atoms with Gasteiger partial charge in [-0.3, -0.25) is 4.79 Å². The first-order valence-corrected chi connectivity index (χ1v) is 6.94. The van der Waals surface area contributed by atoms with Gasteiger partial charge < -0.3 is 10.6 Å². The van der Waals surface area contributed by atoms with Gasteiger partial charge in [0.1, 0.15) is 0 Å². The molecule has 1 amide bonds. The summed E-state index contributed by atoms with van der Waals surface area (Å²) in [6.07, 6.45) is 2.07. The molecule has 2 atom stereocenters. The lowest BCUT2D eigenvalue weighted by Gasteiger charge is -2.34. The Morgan fingerprint density at radius 2 is 2.20 bits per heavy atom. The van der Waals surface area contributed by atoms with Crippen molar-refractivity contribution in [1.29, 1.82) is 0 Å². The second-order valence-corrected chi connectivity index (χ2v) is 5.53. The van der Waals surface area contributed by atoms with E-state index in [1.165, 1.54) is 6.07 Å². The van der Waals surface area contributed by atoms with Gasteiger partial charge in [-0.25, -0.2) is 8.78 Å². The molecule has 0 unspecified atom stereocenters. The maximum Gasteiger partial charge on any atom is 0.227 e. The molecule has 110 valence electrons. The minimum absolute atomic E-state index is 0.0543. The molecule has 2 rings (SSSR count). The molecule has 3 nitrogen and oxygen atoms in total. The fraction of sp³-hybridized carbons (Fsp3) is 0.533. The topological polar surface area (TPSA) is 46.3 Å². The highest BCUT2D eigenvalue weighted by atomic mass is 19.2. The molecular formula is C15H20F2N2O. The number of halogens is 2. The van der Waals surface area contributed by atoms with Gasteiger partial charge in [-0.1, -0.05) is 6.07 Å². The Labute approximate surface area is 117 Å². The van der Waals surface area contributed by atoms with Crippen LogP contribution >= 0.6 is 0 Å². The molecule has 1 aromatic rings. The van der Waals surface area contributed by atoms with Gasteiger partial charge in [-0.15, -0.1) is 0 Å². The fourth-order valence-electron chi connectivity index (χ4n) is 2.60. The number of nitrogens with two attached hydrogens (primary N) is 1. The molecule has 0 radical (unpaired) electrons. The van der Waals surface area contributed by atoms with Gasteiger partial charge in [0.25, 0.3) is 0 Å². The predicted octanol–water partition coefficient (Wildman–Crippen LogP) is 2.09. The summed E-state index contributed by atoms with van der Waals surface area (Å²) in [6, 6.07) is 3.65. The quantitative estimate of drug-likeness (QED) is 0.922. The number of likely N-dealkylation sites (tertiary alicyclic amines) is 1. The Hall–Kier alpha value is -1.49. The van der Waals surface area contributed by atoms with Crippen molar-refractivity contribution in [3.8, 4) is 0 Å². The Morgan fingerprint density at radius 3 is 2.85 bits per heavy atom. The third-order valence-electron chi connectivity index (χ3n) is 3.89. The van der Waals surface area contributed by atoms with Crippen LogP contribution in [0.5, 0.6) is 0 Å². The molecule has 20 heavy (non-hydrogen) atoms. The average molecular weight is 282 g/mol. The second kappa shape index (κ2) is 6.31. The molecule has 1 aromatic carbocycles. The predicted molar refractivity (Wildman–Crippen MR) is 73.0 cm³/mol. The van der Waals surface area contributed by atoms with Crippen molar-refractivity contribution in [2.75, 3.05) is 13.1 Å². The van der Waals surface area contributed by atoms with Crippen LogP contribution < -0.4 is 5.73 Å². The molecule has 0 aromatic heterocycles. The molecule has 0 saturated carbocycles. The number of benzene rings is 1. The molecule has 5 heteroatoms. The van der Waals surface area contributed by atoms with E-state index in [0.29, 0.717) is 24.6 Å². The SMILES string of the molecule is C[C@@H](N)[C@H]1CCCN(C(=O)Cc2ccc(F)c(F)c2)C1. The van der Waals surface area contributed by atoms with E-state index in [9.17, 15) is 13.6 Å². The molecule has 1 fully saturated rings. The minimum atomic E-state index is -0.914. The Morgan fingerprint density at radius 1 is 1.45 bits per heavy atom. The summed E-state index contributed by atoms with van der Waals surface area (Å²) in [5.74, 6) is -1.54. The van der Waals surface area contributed by atoms with E-state index in [-0.39, 0.29) is 18.4 Å². The summed E-state index contributed by atoms with van der Waals surface area (Å²) >= 11 is 0. The van der Waals surface area contributed by atoms with E-state index >= 15 is 0 Å². The van der Waals surface area contributed by atoms with Crippen molar-refractivity contribution in [1.82, 2.24) is 4.90 Å². The van der Waals surface area contributed by atoms with E-state index in [0.717, 1.165) is 25.0 Å². The summed E-state index contributed by atoms with van der Waals surface area (Å²) < 4.78 is 26.0. The summed E-state index contributed by atoms with van der Waals surface area (Å²) in [4.78, 5) is 14.0. The number of hydrogen-bond acceptors (Lipinski definition) is 2. The van der Waals surface area contributed by atoms with Gasteiger partial charge >= 0.3 is 0 Å². The number of rotatable bonds is 3. The van der Waals surface area contributed by atoms with Gasteiger partial charge in [-0.2, -0.15) is 0 Å². The van der Waals surface area contributed by atoms with Crippen LogP contribution in [0, 0.1) is 17.6 Å². The molecule has 1 aliphatic rings. The largest absolute Gasteiger partial charge is 0.342 e. The van der Waals surface area contributed by atoms with E-state index < -0.39 is 11.6 Å². The lowest BCUT2D eigenvalue weighted by atomic mass is 9.92. The number of piperidine rings is 1. The van der Waals surface area contributed by atoms with Crippen LogP contribution in [0.25, 0.3) is 0 Å². The average Bonchev–Trinajstić information content (AvgIpc) is 2.43. The van der Waals surface area contributed by atoms with Crippen LogP contribution in [0.15, 0.2) is 18.2 Å². The maximum atomic E-state index is 13.1. The Bertz CT molecular complexity index is 491. The van der Waals surface area contributed by atoms with Crippen molar-refractivity contribution in [2.45, 2.75) is 32.2 Å². The van der Waals surface area contributed by atoms with Crippen LogP contribution in [-0.2, 0) is 11.2 Å². The first kappa shape index (κ1) is 14.9. The van der Waals surface area contributed by atoms with Gasteiger partial charge in [0.05, 0.1) is 6.42 Å². The van der Waals surface area contributed by atoms with Crippen LogP contribution in [-0.4, -0.2) is 29.9 Å². The minimum Gasteiger partial charge on any atom is -0.342 e. The molecule has 0 aliphatic carbocycles. The fourth-order valence-corrected chi connectivity index (χ4v) is 2.60. The third kappa shape index (κ3) is 3.54. The van der Waals surface area contributed by atoms with E-state index in [1.807, 2.05) is 6.92 Å². The van der Waals surface area contributed by atoms with Crippen molar-refractivity contribution < 1.29 is 13.6 Å². The van der Waals surface area contributed by atoms with Crippen molar-refractivity contribution in [3.05, 3.63) is 35.4 Å². The molecule has 0 bridgehead atoms. The highest BCUT2D eigenvalue weighted by Crippen LogP contribution is 2.20. The van der Waals surface area contributed by atoms with Crippen molar-refractivity contribution in [2.24, 2.45) is 11.7 Å². The lowest BCUT2D eigenvalue weighted by Crippen LogP contribution is -2.45. The maximum absolute atomic E-state index is 13.1. The van der Waals surface area contributed by atoms with Crippen LogP contribution in [0.1, 0.15) is 25.3 Å². The zero-order valence-corrected chi connectivity index (χ0v) is 11.6. The van der Waals surface area contributed by atoms with E-state index in [2.05, 4.69) is 0 Å². The zero-order chi connectivity index (χ0) is 14.7. The number of nitrogens with zero attached hydrogens (tertiary/aromatic N) is 1. The van der Waals surface area contributed by atoms with E-state index in [1.54, 1.807) is 4.90 Å². The number of hydrogen-bond donors (Lipinski definition) is 1. The zero-order valence-electron chi connectivity index (χ0n) is 11.6.